The molecule has 0 saturated carbocycles. The van der Waals surface area contributed by atoms with E-state index in [0.29, 0.717) is 5.92 Å². The van der Waals surface area contributed by atoms with Gasteiger partial charge >= 0.3 is 0 Å². The lowest BCUT2D eigenvalue weighted by molar-refractivity contribution is 0.203. The molecule has 3 aromatic carbocycles. The van der Waals surface area contributed by atoms with Crippen LogP contribution < -0.4 is 11.3 Å². The fourth-order valence-corrected chi connectivity index (χ4v) is 6.31. The Morgan fingerprint density at radius 3 is 2.32 bits per heavy atom. The van der Waals surface area contributed by atoms with E-state index in [0.717, 1.165) is 78.7 Å². The number of benzene rings is 3. The van der Waals surface area contributed by atoms with Crippen LogP contribution in [0.1, 0.15) is 36.4 Å². The summed E-state index contributed by atoms with van der Waals surface area (Å²) in [6, 6.07) is 31.6. The Balaban J connectivity index is 1.23. The zero-order valence-electron chi connectivity index (χ0n) is 23.7. The van der Waals surface area contributed by atoms with Gasteiger partial charge in [-0.05, 0) is 103 Å². The van der Waals surface area contributed by atoms with Gasteiger partial charge in [0.2, 0.25) is 0 Å². The number of nitrogens with two attached hydrogens (primary N) is 1. The van der Waals surface area contributed by atoms with E-state index in [4.69, 9.17) is 5.73 Å². The zero-order chi connectivity index (χ0) is 28.2. The number of rotatable bonds is 8. The highest BCUT2D eigenvalue weighted by molar-refractivity contribution is 5.91. The smallest absolute Gasteiger partial charge is 0.259 e. The van der Waals surface area contributed by atoms with Gasteiger partial charge < -0.3 is 15.2 Å². The number of fused-ring (bicyclic) bond motifs is 1. The van der Waals surface area contributed by atoms with Gasteiger partial charge in [-0.2, -0.15) is 0 Å². The Hall–Kier alpha value is -4.06. The summed E-state index contributed by atoms with van der Waals surface area (Å²) < 4.78 is 1.89. The van der Waals surface area contributed by atoms with E-state index in [9.17, 15) is 4.79 Å². The molecule has 1 fully saturated rings. The van der Waals surface area contributed by atoms with Crippen LogP contribution in [0.3, 0.4) is 0 Å². The molecule has 0 unspecified atom stereocenters. The van der Waals surface area contributed by atoms with Crippen molar-refractivity contribution in [2.75, 3.05) is 19.6 Å². The van der Waals surface area contributed by atoms with Gasteiger partial charge in [0, 0.05) is 37.1 Å². The van der Waals surface area contributed by atoms with Crippen molar-refractivity contribution in [3.63, 3.8) is 0 Å². The third kappa shape index (κ3) is 6.02. The molecule has 0 aliphatic carbocycles. The van der Waals surface area contributed by atoms with Crippen molar-refractivity contribution in [3.8, 4) is 22.3 Å². The summed E-state index contributed by atoms with van der Waals surface area (Å²) in [6.07, 6.45) is 7.58. The first kappa shape index (κ1) is 27.1. The minimum Gasteiger partial charge on any atom is -0.327 e. The van der Waals surface area contributed by atoms with Gasteiger partial charge in [0.05, 0.1) is 5.56 Å². The van der Waals surface area contributed by atoms with Gasteiger partial charge in [0.25, 0.3) is 5.56 Å². The summed E-state index contributed by atoms with van der Waals surface area (Å²) in [6.45, 7) is 3.06. The lowest BCUT2D eigenvalue weighted by Crippen LogP contribution is -2.38. The van der Waals surface area contributed by atoms with Gasteiger partial charge in [0.15, 0.2) is 0 Å². The SMILES string of the molecule is Cn1c(C2CCN(CC[C@H](N)Cc3ccccc3)CC2)cc(-c2ccncc2)c(-c2ccc3ccccc3c2)c1=O. The predicted octanol–water partition coefficient (Wildman–Crippen LogP) is 6.41. The van der Waals surface area contributed by atoms with E-state index in [2.05, 4.69) is 70.5 Å². The predicted molar refractivity (Wildman–Crippen MR) is 169 cm³/mol. The molecule has 1 aliphatic rings. The van der Waals surface area contributed by atoms with Crippen molar-refractivity contribution in [2.24, 2.45) is 12.8 Å². The van der Waals surface area contributed by atoms with Gasteiger partial charge in [-0.15, -0.1) is 0 Å². The van der Waals surface area contributed by atoms with Crippen LogP contribution >= 0.6 is 0 Å². The molecule has 3 heterocycles. The third-order valence-corrected chi connectivity index (χ3v) is 8.66. The molecule has 2 N–H and O–H groups in total. The normalized spacial score (nSPS) is 15.3. The Bertz CT molecular complexity index is 1670. The zero-order valence-corrected chi connectivity index (χ0v) is 23.7. The fraction of sp³-hybridized carbons (Fsp3) is 0.278. The molecule has 1 atom stereocenters. The van der Waals surface area contributed by atoms with E-state index in [1.165, 1.54) is 10.9 Å². The van der Waals surface area contributed by atoms with Gasteiger partial charge in [-0.25, -0.2) is 0 Å². The lowest BCUT2D eigenvalue weighted by Gasteiger charge is -2.33. The van der Waals surface area contributed by atoms with Crippen molar-refractivity contribution in [1.29, 1.82) is 0 Å². The maximum absolute atomic E-state index is 14.1. The Labute approximate surface area is 242 Å². The summed E-state index contributed by atoms with van der Waals surface area (Å²) in [7, 11) is 1.94. The quantitative estimate of drug-likeness (QED) is 0.246. The van der Waals surface area contributed by atoms with Crippen molar-refractivity contribution in [1.82, 2.24) is 14.5 Å². The highest BCUT2D eigenvalue weighted by atomic mass is 16.1. The number of likely N-dealkylation sites (tertiary alicyclic amines) is 1. The highest BCUT2D eigenvalue weighted by Crippen LogP contribution is 2.35. The molecule has 0 radical (unpaired) electrons. The van der Waals surface area contributed by atoms with Crippen LogP contribution in [0, 0.1) is 0 Å². The number of pyridine rings is 2. The molecule has 208 valence electrons. The first-order valence-electron chi connectivity index (χ1n) is 14.7. The molecule has 1 aliphatic heterocycles. The van der Waals surface area contributed by atoms with Crippen LogP contribution in [0.2, 0.25) is 0 Å². The molecule has 5 heteroatoms. The second-order valence-corrected chi connectivity index (χ2v) is 11.4. The monoisotopic (exact) mass is 542 g/mol. The van der Waals surface area contributed by atoms with Crippen LogP contribution in [0.15, 0.2) is 108 Å². The molecule has 41 heavy (non-hydrogen) atoms. The van der Waals surface area contributed by atoms with Crippen molar-refractivity contribution < 1.29 is 0 Å². The summed E-state index contributed by atoms with van der Waals surface area (Å²) in [5.41, 5.74) is 12.6. The Kier molecular flexibility index (Phi) is 8.08. The number of piperidine rings is 1. The molecule has 0 amide bonds. The molecule has 0 bridgehead atoms. The topological polar surface area (TPSA) is 64.2 Å². The first-order valence-corrected chi connectivity index (χ1v) is 14.7. The number of aromatic nitrogens is 2. The van der Waals surface area contributed by atoms with Crippen LogP contribution in [-0.4, -0.2) is 40.1 Å². The largest absolute Gasteiger partial charge is 0.327 e. The average molecular weight is 543 g/mol. The summed E-state index contributed by atoms with van der Waals surface area (Å²) in [5.74, 6) is 0.341. The van der Waals surface area contributed by atoms with Crippen molar-refractivity contribution >= 4 is 10.8 Å². The third-order valence-electron chi connectivity index (χ3n) is 8.66. The molecule has 2 aromatic heterocycles. The maximum Gasteiger partial charge on any atom is 0.259 e. The molecular formula is C36H38N4O. The number of hydrogen-bond acceptors (Lipinski definition) is 4. The van der Waals surface area contributed by atoms with Crippen molar-refractivity contribution in [3.05, 3.63) is 125 Å². The van der Waals surface area contributed by atoms with Gasteiger partial charge in [0.1, 0.15) is 0 Å². The fourth-order valence-electron chi connectivity index (χ4n) is 6.31. The van der Waals surface area contributed by atoms with Crippen LogP contribution in [-0.2, 0) is 13.5 Å². The molecule has 5 nitrogen and oxygen atoms in total. The van der Waals surface area contributed by atoms with Gasteiger partial charge in [-0.1, -0.05) is 66.7 Å². The molecule has 0 spiro atoms. The second-order valence-electron chi connectivity index (χ2n) is 11.4. The standard InChI is InChI=1S/C36H38N4O/c1-39-34(29-15-20-40(21-16-29)22-17-32(37)23-26-7-3-2-4-8-26)25-33(28-13-18-38-19-14-28)35(36(39)41)31-12-11-27-9-5-6-10-30(27)24-31/h2-14,18-19,24-25,29,32H,15-17,20-23,37H2,1H3/t32-/m0/s1. The van der Waals surface area contributed by atoms with E-state index in [1.807, 2.05) is 41.9 Å². The first-order chi connectivity index (χ1) is 20.1. The average Bonchev–Trinajstić information content (AvgIpc) is 3.02. The van der Waals surface area contributed by atoms with Crippen LogP contribution in [0.5, 0.6) is 0 Å². The maximum atomic E-state index is 14.1. The van der Waals surface area contributed by atoms with Crippen LogP contribution in [0.25, 0.3) is 33.0 Å². The number of hydrogen-bond donors (Lipinski definition) is 1. The second kappa shape index (κ2) is 12.2. The Morgan fingerprint density at radius 2 is 1.56 bits per heavy atom. The molecule has 5 aromatic rings. The summed E-state index contributed by atoms with van der Waals surface area (Å²) >= 11 is 0. The molecule has 1 saturated heterocycles. The lowest BCUT2D eigenvalue weighted by atomic mass is 9.88. The minimum absolute atomic E-state index is 0.0545. The summed E-state index contributed by atoms with van der Waals surface area (Å²) in [4.78, 5) is 20.8. The van der Waals surface area contributed by atoms with E-state index >= 15 is 0 Å². The minimum atomic E-state index is 0.0545. The van der Waals surface area contributed by atoms with Crippen molar-refractivity contribution in [2.45, 2.75) is 37.6 Å². The van der Waals surface area contributed by atoms with Crippen LogP contribution in [0.4, 0.5) is 0 Å². The Morgan fingerprint density at radius 1 is 0.854 bits per heavy atom. The summed E-state index contributed by atoms with van der Waals surface area (Å²) in [5, 5.41) is 2.30. The van der Waals surface area contributed by atoms with E-state index in [1.54, 1.807) is 12.4 Å². The molecule has 6 rings (SSSR count). The molecular weight excluding hydrogens is 504 g/mol. The van der Waals surface area contributed by atoms with E-state index < -0.39 is 0 Å². The highest BCUT2D eigenvalue weighted by Gasteiger charge is 2.25. The number of nitrogens with zero attached hydrogens (tertiary/aromatic N) is 3. The van der Waals surface area contributed by atoms with E-state index in [-0.39, 0.29) is 11.6 Å². The van der Waals surface area contributed by atoms with Gasteiger partial charge in [-0.3, -0.25) is 9.78 Å².